The lowest BCUT2D eigenvalue weighted by molar-refractivity contribution is -0.0594. The van der Waals surface area contributed by atoms with Gasteiger partial charge < -0.3 is 5.11 Å². The Morgan fingerprint density at radius 1 is 1.23 bits per heavy atom. The monoisotopic (exact) mass is 355 g/mol. The van der Waals surface area contributed by atoms with E-state index in [2.05, 4.69) is 61.5 Å². The lowest BCUT2D eigenvalue weighted by Crippen LogP contribution is -2.50. The van der Waals surface area contributed by atoms with Crippen LogP contribution in [0.1, 0.15) is 55.7 Å². The summed E-state index contributed by atoms with van der Waals surface area (Å²) in [5, 5.41) is 15.7. The molecule has 1 saturated heterocycles. The highest BCUT2D eigenvalue weighted by atomic mass is 16.3. The standard InChI is InChI=1S/C22H33N3O/c1-16(2)25-18(4)21(17(3)23-25)15-24-12-11-22(5,26)20(14-24)13-19-9-7-6-8-10-19/h6-10,16,20,26H,11-15H2,1-5H3/t20-,22+/m0/s1. The summed E-state index contributed by atoms with van der Waals surface area (Å²) in [4.78, 5) is 2.49. The molecular formula is C22H33N3O. The van der Waals surface area contributed by atoms with Gasteiger partial charge in [0.1, 0.15) is 0 Å². The summed E-state index contributed by atoms with van der Waals surface area (Å²) in [6, 6.07) is 10.9. The van der Waals surface area contributed by atoms with Crippen LogP contribution < -0.4 is 0 Å². The molecule has 4 heteroatoms. The van der Waals surface area contributed by atoms with Crippen LogP contribution in [-0.2, 0) is 13.0 Å². The first-order valence-corrected chi connectivity index (χ1v) is 9.81. The Morgan fingerprint density at radius 3 is 2.54 bits per heavy atom. The number of nitrogens with zero attached hydrogens (tertiary/aromatic N) is 3. The van der Waals surface area contributed by atoms with E-state index in [1.54, 1.807) is 0 Å². The molecule has 1 fully saturated rings. The number of aliphatic hydroxyl groups is 1. The Hall–Kier alpha value is -1.65. The van der Waals surface area contributed by atoms with Crippen LogP contribution in [0.4, 0.5) is 0 Å². The Morgan fingerprint density at radius 2 is 1.92 bits per heavy atom. The quantitative estimate of drug-likeness (QED) is 0.884. The van der Waals surface area contributed by atoms with Crippen LogP contribution in [0.2, 0.25) is 0 Å². The van der Waals surface area contributed by atoms with Crippen molar-refractivity contribution in [1.82, 2.24) is 14.7 Å². The molecule has 0 aliphatic carbocycles. The molecule has 0 radical (unpaired) electrons. The van der Waals surface area contributed by atoms with Crippen molar-refractivity contribution in [3.05, 3.63) is 52.8 Å². The van der Waals surface area contributed by atoms with E-state index >= 15 is 0 Å². The predicted molar refractivity (Wildman–Crippen MR) is 106 cm³/mol. The topological polar surface area (TPSA) is 41.3 Å². The zero-order valence-corrected chi connectivity index (χ0v) is 16.9. The second-order valence-corrected chi connectivity index (χ2v) is 8.42. The van der Waals surface area contributed by atoms with E-state index in [9.17, 15) is 5.11 Å². The van der Waals surface area contributed by atoms with E-state index in [-0.39, 0.29) is 5.92 Å². The molecule has 1 aromatic heterocycles. The lowest BCUT2D eigenvalue weighted by Gasteiger charge is -2.43. The molecule has 26 heavy (non-hydrogen) atoms. The largest absolute Gasteiger partial charge is 0.390 e. The number of hydrogen-bond donors (Lipinski definition) is 1. The van der Waals surface area contributed by atoms with Crippen LogP contribution in [-0.4, -0.2) is 38.5 Å². The number of piperidine rings is 1. The van der Waals surface area contributed by atoms with Crippen LogP contribution in [0.25, 0.3) is 0 Å². The second-order valence-electron chi connectivity index (χ2n) is 8.42. The van der Waals surface area contributed by atoms with Crippen molar-refractivity contribution in [1.29, 1.82) is 0 Å². The first-order chi connectivity index (χ1) is 12.3. The van der Waals surface area contributed by atoms with E-state index in [4.69, 9.17) is 5.10 Å². The fraction of sp³-hybridized carbons (Fsp3) is 0.591. The molecule has 142 valence electrons. The molecule has 1 aliphatic rings. The van der Waals surface area contributed by atoms with Crippen molar-refractivity contribution < 1.29 is 5.11 Å². The van der Waals surface area contributed by atoms with Crippen LogP contribution in [0.15, 0.2) is 30.3 Å². The van der Waals surface area contributed by atoms with Crippen LogP contribution in [0.3, 0.4) is 0 Å². The minimum atomic E-state index is -0.599. The third-order valence-electron chi connectivity index (χ3n) is 5.96. The third kappa shape index (κ3) is 4.02. The van der Waals surface area contributed by atoms with Crippen molar-refractivity contribution in [3.8, 4) is 0 Å². The molecule has 0 unspecified atom stereocenters. The minimum Gasteiger partial charge on any atom is -0.390 e. The summed E-state index contributed by atoms with van der Waals surface area (Å²) < 4.78 is 2.13. The Labute approximate surface area is 157 Å². The SMILES string of the molecule is Cc1nn(C(C)C)c(C)c1CN1CC[C@@](C)(O)[C@@H](Cc2ccccc2)C1. The summed E-state index contributed by atoms with van der Waals surface area (Å²) in [5.74, 6) is 0.249. The highest BCUT2D eigenvalue weighted by molar-refractivity contribution is 5.25. The molecule has 1 N–H and O–H groups in total. The Bertz CT molecular complexity index is 733. The van der Waals surface area contributed by atoms with Crippen molar-refractivity contribution in [3.63, 3.8) is 0 Å². The number of aromatic nitrogens is 2. The first-order valence-electron chi connectivity index (χ1n) is 9.81. The Kier molecular flexibility index (Phi) is 5.54. The molecule has 0 bridgehead atoms. The van der Waals surface area contributed by atoms with E-state index in [1.165, 1.54) is 16.8 Å². The summed E-state index contributed by atoms with van der Waals surface area (Å²) in [6.07, 6.45) is 1.74. The molecule has 0 amide bonds. The number of rotatable bonds is 5. The number of likely N-dealkylation sites (tertiary alicyclic amines) is 1. The maximum Gasteiger partial charge on any atom is 0.0675 e. The van der Waals surface area contributed by atoms with E-state index < -0.39 is 5.60 Å². The summed E-state index contributed by atoms with van der Waals surface area (Å²) >= 11 is 0. The van der Waals surface area contributed by atoms with Gasteiger partial charge in [0.25, 0.3) is 0 Å². The zero-order chi connectivity index (χ0) is 18.9. The van der Waals surface area contributed by atoms with Gasteiger partial charge in [-0.2, -0.15) is 5.10 Å². The van der Waals surface area contributed by atoms with Gasteiger partial charge in [-0.3, -0.25) is 9.58 Å². The van der Waals surface area contributed by atoms with Crippen molar-refractivity contribution in [2.24, 2.45) is 5.92 Å². The normalized spacial score (nSPS) is 24.3. The van der Waals surface area contributed by atoms with Crippen molar-refractivity contribution in [2.75, 3.05) is 13.1 Å². The van der Waals surface area contributed by atoms with E-state index in [0.717, 1.165) is 38.2 Å². The molecular weight excluding hydrogens is 322 g/mol. The smallest absolute Gasteiger partial charge is 0.0675 e. The average molecular weight is 356 g/mol. The lowest BCUT2D eigenvalue weighted by atomic mass is 9.78. The molecule has 2 aromatic rings. The van der Waals surface area contributed by atoms with Gasteiger partial charge in [-0.1, -0.05) is 30.3 Å². The number of aryl methyl sites for hydroxylation is 1. The molecule has 2 heterocycles. The second kappa shape index (κ2) is 7.53. The molecule has 0 spiro atoms. The van der Waals surface area contributed by atoms with E-state index in [0.29, 0.717) is 6.04 Å². The molecule has 3 rings (SSSR count). The highest BCUT2D eigenvalue weighted by Gasteiger charge is 2.37. The predicted octanol–water partition coefficient (Wildman–Crippen LogP) is 3.90. The van der Waals surface area contributed by atoms with Crippen LogP contribution in [0.5, 0.6) is 0 Å². The van der Waals surface area contributed by atoms with Gasteiger partial charge in [-0.05, 0) is 53.0 Å². The fourth-order valence-electron chi connectivity index (χ4n) is 4.17. The Balaban J connectivity index is 1.74. The molecule has 1 aromatic carbocycles. The van der Waals surface area contributed by atoms with Gasteiger partial charge in [-0.25, -0.2) is 0 Å². The summed E-state index contributed by atoms with van der Waals surface area (Å²) in [5.41, 5.74) is 4.46. The number of benzene rings is 1. The summed E-state index contributed by atoms with van der Waals surface area (Å²) in [7, 11) is 0. The number of hydrogen-bond acceptors (Lipinski definition) is 3. The zero-order valence-electron chi connectivity index (χ0n) is 16.9. The maximum atomic E-state index is 10.9. The molecule has 1 aliphatic heterocycles. The maximum absolute atomic E-state index is 10.9. The molecule has 0 saturated carbocycles. The van der Waals surface area contributed by atoms with Gasteiger partial charge in [0.2, 0.25) is 0 Å². The van der Waals surface area contributed by atoms with Gasteiger partial charge in [-0.15, -0.1) is 0 Å². The van der Waals surface area contributed by atoms with Crippen molar-refractivity contribution >= 4 is 0 Å². The van der Waals surface area contributed by atoms with Crippen LogP contribution >= 0.6 is 0 Å². The van der Waals surface area contributed by atoms with Gasteiger partial charge in [0.15, 0.2) is 0 Å². The molecule has 4 nitrogen and oxygen atoms in total. The van der Waals surface area contributed by atoms with Gasteiger partial charge in [0.05, 0.1) is 11.3 Å². The average Bonchev–Trinajstić information content (AvgIpc) is 2.87. The van der Waals surface area contributed by atoms with Gasteiger partial charge in [0, 0.05) is 42.9 Å². The third-order valence-corrected chi connectivity index (χ3v) is 5.96. The fourth-order valence-corrected chi connectivity index (χ4v) is 4.17. The summed E-state index contributed by atoms with van der Waals surface area (Å²) in [6.45, 7) is 13.4. The van der Waals surface area contributed by atoms with Gasteiger partial charge >= 0.3 is 0 Å². The highest BCUT2D eigenvalue weighted by Crippen LogP contribution is 2.32. The minimum absolute atomic E-state index is 0.249. The van der Waals surface area contributed by atoms with Crippen molar-refractivity contribution in [2.45, 2.75) is 65.6 Å². The molecule has 2 atom stereocenters. The van der Waals surface area contributed by atoms with E-state index in [1.807, 2.05) is 13.0 Å². The first kappa shape index (κ1) is 19.1. The van der Waals surface area contributed by atoms with Crippen LogP contribution in [0, 0.1) is 19.8 Å².